The average Bonchev–Trinajstić information content (AvgIpc) is 2.94. The van der Waals surface area contributed by atoms with Crippen molar-refractivity contribution >= 4 is 17.0 Å². The van der Waals surface area contributed by atoms with Gasteiger partial charge in [-0.15, -0.1) is 0 Å². The Morgan fingerprint density at radius 3 is 2.64 bits per heavy atom. The second-order valence-electron chi connectivity index (χ2n) is 6.08. The fourth-order valence-electron chi connectivity index (χ4n) is 2.66. The van der Waals surface area contributed by atoms with Gasteiger partial charge >= 0.3 is 0 Å². The number of aromatic nitrogens is 3. The Bertz CT molecular complexity index is 970. The maximum atomic E-state index is 12.5. The van der Waals surface area contributed by atoms with Crippen molar-refractivity contribution in [1.29, 1.82) is 0 Å². The molecular formula is C18H20N4O3. The molecule has 130 valence electrons. The first-order valence-electron chi connectivity index (χ1n) is 8.11. The van der Waals surface area contributed by atoms with E-state index in [2.05, 4.69) is 15.5 Å². The lowest BCUT2D eigenvalue weighted by molar-refractivity contribution is -0.121. The van der Waals surface area contributed by atoms with Crippen LogP contribution in [-0.2, 0) is 17.8 Å². The first kappa shape index (κ1) is 16.9. The number of nitrogens with one attached hydrogen (secondary N) is 1. The van der Waals surface area contributed by atoms with Crippen molar-refractivity contribution in [3.63, 3.8) is 0 Å². The van der Waals surface area contributed by atoms with Crippen LogP contribution in [0.2, 0.25) is 0 Å². The Morgan fingerprint density at radius 2 is 1.92 bits per heavy atom. The molecule has 1 amide bonds. The van der Waals surface area contributed by atoms with Crippen molar-refractivity contribution in [3.8, 4) is 0 Å². The highest BCUT2D eigenvalue weighted by Crippen LogP contribution is 2.11. The summed E-state index contributed by atoms with van der Waals surface area (Å²) in [5.41, 5.74) is 2.73. The van der Waals surface area contributed by atoms with Crippen LogP contribution in [0.3, 0.4) is 0 Å². The summed E-state index contributed by atoms with van der Waals surface area (Å²) in [5.74, 6) is 0.190. The highest BCUT2D eigenvalue weighted by atomic mass is 16.5. The quantitative estimate of drug-likeness (QED) is 0.763. The van der Waals surface area contributed by atoms with E-state index < -0.39 is 0 Å². The molecule has 0 bridgehead atoms. The number of fused-ring (bicyclic) bond motifs is 1. The zero-order valence-corrected chi connectivity index (χ0v) is 14.5. The average molecular weight is 340 g/mol. The summed E-state index contributed by atoms with van der Waals surface area (Å²) < 4.78 is 6.36. The lowest BCUT2D eigenvalue weighted by atomic mass is 10.1. The third-order valence-electron chi connectivity index (χ3n) is 4.12. The summed E-state index contributed by atoms with van der Waals surface area (Å²) in [6, 6.07) is 8.18. The molecule has 2 heterocycles. The van der Waals surface area contributed by atoms with E-state index in [-0.39, 0.29) is 23.7 Å². The van der Waals surface area contributed by atoms with E-state index in [4.69, 9.17) is 4.52 Å². The minimum absolute atomic E-state index is 0.0773. The number of carbonyl (C=O) groups is 1. The van der Waals surface area contributed by atoms with Gasteiger partial charge in [-0.1, -0.05) is 35.0 Å². The molecule has 7 heteroatoms. The normalized spacial score (nSPS) is 11.0. The molecule has 0 saturated heterocycles. The highest BCUT2D eigenvalue weighted by Gasteiger charge is 2.16. The largest absolute Gasteiger partial charge is 0.354 e. The molecule has 2 aromatic heterocycles. The first-order chi connectivity index (χ1) is 12.0. The number of rotatable bonds is 5. The summed E-state index contributed by atoms with van der Waals surface area (Å²) in [6.07, 6.45) is 0.738. The van der Waals surface area contributed by atoms with Gasteiger partial charge in [0.15, 0.2) is 0 Å². The zero-order valence-electron chi connectivity index (χ0n) is 14.5. The smallest absolute Gasteiger partial charge is 0.267 e. The molecule has 25 heavy (non-hydrogen) atoms. The lowest BCUT2D eigenvalue weighted by Crippen LogP contribution is -2.34. The Kier molecular flexibility index (Phi) is 4.65. The van der Waals surface area contributed by atoms with Crippen molar-refractivity contribution in [1.82, 2.24) is 20.0 Å². The van der Waals surface area contributed by atoms with Gasteiger partial charge in [-0.05, 0) is 32.8 Å². The number of nitrogens with zero attached hydrogens (tertiary/aromatic N) is 3. The number of benzene rings is 1. The third kappa shape index (κ3) is 3.60. The van der Waals surface area contributed by atoms with E-state index >= 15 is 0 Å². The van der Waals surface area contributed by atoms with Crippen LogP contribution >= 0.6 is 0 Å². The van der Waals surface area contributed by atoms with Gasteiger partial charge in [-0.25, -0.2) is 0 Å². The van der Waals surface area contributed by atoms with Gasteiger partial charge in [0, 0.05) is 6.54 Å². The summed E-state index contributed by atoms with van der Waals surface area (Å²) in [4.78, 5) is 28.9. The maximum Gasteiger partial charge on any atom is 0.267 e. The molecule has 0 aliphatic rings. The molecule has 3 aromatic rings. The van der Waals surface area contributed by atoms with Gasteiger partial charge in [0.2, 0.25) is 5.91 Å². The molecule has 0 aliphatic carbocycles. The van der Waals surface area contributed by atoms with Crippen LogP contribution < -0.4 is 10.9 Å². The van der Waals surface area contributed by atoms with Crippen LogP contribution in [0, 0.1) is 20.8 Å². The van der Waals surface area contributed by atoms with E-state index in [9.17, 15) is 9.59 Å². The van der Waals surface area contributed by atoms with Crippen molar-refractivity contribution in [2.45, 2.75) is 33.7 Å². The maximum absolute atomic E-state index is 12.5. The predicted molar refractivity (Wildman–Crippen MR) is 93.4 cm³/mol. The van der Waals surface area contributed by atoms with Gasteiger partial charge < -0.3 is 9.84 Å². The van der Waals surface area contributed by atoms with Gasteiger partial charge in [-0.3, -0.25) is 14.2 Å². The zero-order chi connectivity index (χ0) is 18.0. The molecule has 1 aromatic carbocycles. The van der Waals surface area contributed by atoms with Crippen LogP contribution in [0.1, 0.15) is 22.6 Å². The van der Waals surface area contributed by atoms with E-state index in [0.717, 1.165) is 12.0 Å². The van der Waals surface area contributed by atoms with Gasteiger partial charge in [0.25, 0.3) is 11.3 Å². The first-order valence-corrected chi connectivity index (χ1v) is 8.11. The summed E-state index contributed by atoms with van der Waals surface area (Å²) in [7, 11) is 0. The highest BCUT2D eigenvalue weighted by molar-refractivity contribution is 5.77. The lowest BCUT2D eigenvalue weighted by Gasteiger charge is -2.10. The standard InChI is InChI=1S/C18H20N4O3/c1-11-4-6-14(7-5-11)8-9-19-15(23)10-22-13(3)20-17-16(18(22)24)12(2)21-25-17/h4-7H,8-10H2,1-3H3,(H,19,23). The van der Waals surface area contributed by atoms with Crippen molar-refractivity contribution in [3.05, 3.63) is 57.3 Å². The Labute approximate surface area is 144 Å². The Hall–Kier alpha value is -2.96. The Balaban J connectivity index is 1.66. The van der Waals surface area contributed by atoms with Crippen LogP contribution in [-0.4, -0.2) is 27.2 Å². The van der Waals surface area contributed by atoms with Crippen molar-refractivity contribution in [2.24, 2.45) is 0 Å². The van der Waals surface area contributed by atoms with Crippen LogP contribution in [0.5, 0.6) is 0 Å². The van der Waals surface area contributed by atoms with Gasteiger partial charge in [-0.2, -0.15) is 4.98 Å². The fraction of sp³-hybridized carbons (Fsp3) is 0.333. The van der Waals surface area contributed by atoms with Crippen molar-refractivity contribution < 1.29 is 9.32 Å². The molecule has 3 rings (SSSR count). The van der Waals surface area contributed by atoms with Crippen LogP contribution in [0.4, 0.5) is 0 Å². The number of hydrogen-bond acceptors (Lipinski definition) is 5. The number of carbonyl (C=O) groups excluding carboxylic acids is 1. The molecule has 0 fully saturated rings. The van der Waals surface area contributed by atoms with E-state index in [1.807, 2.05) is 31.2 Å². The fourth-order valence-corrected chi connectivity index (χ4v) is 2.66. The monoisotopic (exact) mass is 340 g/mol. The van der Waals surface area contributed by atoms with Gasteiger partial charge in [0.1, 0.15) is 17.8 Å². The molecular weight excluding hydrogens is 320 g/mol. The van der Waals surface area contributed by atoms with E-state index in [1.165, 1.54) is 10.1 Å². The Morgan fingerprint density at radius 1 is 1.20 bits per heavy atom. The molecule has 0 saturated carbocycles. The summed E-state index contributed by atoms with van der Waals surface area (Å²) in [5, 5.41) is 6.91. The van der Waals surface area contributed by atoms with E-state index in [1.54, 1.807) is 13.8 Å². The van der Waals surface area contributed by atoms with Crippen molar-refractivity contribution in [2.75, 3.05) is 6.54 Å². The summed E-state index contributed by atoms with van der Waals surface area (Å²) >= 11 is 0. The molecule has 7 nitrogen and oxygen atoms in total. The SMILES string of the molecule is Cc1ccc(CCNC(=O)Cn2c(C)nc3onc(C)c3c2=O)cc1. The molecule has 0 aliphatic heterocycles. The number of amides is 1. The molecule has 0 radical (unpaired) electrons. The van der Waals surface area contributed by atoms with Crippen LogP contribution in [0.25, 0.3) is 11.1 Å². The second kappa shape index (κ2) is 6.88. The minimum Gasteiger partial charge on any atom is -0.354 e. The van der Waals surface area contributed by atoms with Gasteiger partial charge in [0.05, 0.1) is 5.69 Å². The van der Waals surface area contributed by atoms with E-state index in [0.29, 0.717) is 23.4 Å². The topological polar surface area (TPSA) is 90.0 Å². The van der Waals surface area contributed by atoms with Crippen LogP contribution in [0.15, 0.2) is 33.6 Å². The minimum atomic E-state index is -0.310. The molecule has 0 spiro atoms. The number of aryl methyl sites for hydroxylation is 3. The molecule has 0 atom stereocenters. The third-order valence-corrected chi connectivity index (χ3v) is 4.12. The summed E-state index contributed by atoms with van der Waals surface area (Å²) in [6.45, 7) is 5.81. The number of hydrogen-bond donors (Lipinski definition) is 1. The molecule has 1 N–H and O–H groups in total. The molecule has 0 unspecified atom stereocenters. The second-order valence-corrected chi connectivity index (χ2v) is 6.08. The predicted octanol–water partition coefficient (Wildman–Crippen LogP) is 1.67.